The lowest BCUT2D eigenvalue weighted by Gasteiger charge is -2.26. The van der Waals surface area contributed by atoms with Crippen LogP contribution in [0.3, 0.4) is 0 Å². The van der Waals surface area contributed by atoms with Gasteiger partial charge in [0.25, 0.3) is 0 Å². The Bertz CT molecular complexity index is 790. The van der Waals surface area contributed by atoms with Crippen molar-refractivity contribution in [1.82, 2.24) is 5.32 Å². The van der Waals surface area contributed by atoms with Crippen LogP contribution in [0, 0.1) is 11.6 Å². The maximum atomic E-state index is 14.4. The van der Waals surface area contributed by atoms with Crippen LogP contribution in [-0.2, 0) is 4.79 Å². The molecule has 0 aliphatic heterocycles. The second-order valence-corrected chi connectivity index (χ2v) is 6.07. The molecule has 0 aromatic heterocycles. The molecule has 3 nitrogen and oxygen atoms in total. The van der Waals surface area contributed by atoms with Crippen LogP contribution in [-0.4, -0.2) is 23.3 Å². The number of carboxylic acid groups (broad SMARTS) is 1. The average molecular weight is 387 g/mol. The summed E-state index contributed by atoms with van der Waals surface area (Å²) in [4.78, 5) is 11.2. The van der Waals surface area contributed by atoms with E-state index < -0.39 is 41.4 Å². The topological polar surface area (TPSA) is 49.3 Å². The number of hydrogen-bond acceptors (Lipinski definition) is 2. The number of benzene rings is 2. The van der Waals surface area contributed by atoms with E-state index in [0.717, 1.165) is 24.3 Å². The second-order valence-electron chi connectivity index (χ2n) is 6.07. The Kier molecular flexibility index (Phi) is 6.54. The number of carbonyl (C=O) groups is 1. The minimum Gasteiger partial charge on any atom is -0.480 e. The molecule has 0 amide bonds. The first-order chi connectivity index (χ1) is 12.6. The quantitative estimate of drug-likeness (QED) is 0.652. The molecule has 2 N–H and O–H groups in total. The minimum absolute atomic E-state index is 0.00193. The van der Waals surface area contributed by atoms with E-state index in [2.05, 4.69) is 5.32 Å². The number of halogens is 5. The van der Waals surface area contributed by atoms with Gasteiger partial charge in [0.15, 0.2) is 0 Å². The zero-order valence-electron chi connectivity index (χ0n) is 14.4. The standard InChI is InChI=1S/C19H18F5NO2/c1-2-3-16(18(26)27)25-17(19(22,23)24)12-6-9-14(15(21)10-12)11-4-7-13(20)8-5-11/h4-10,16-17,25H,2-3H2,1H3,(H,26,27)/t16-,17-/m0/s1. The van der Waals surface area contributed by atoms with E-state index >= 15 is 0 Å². The smallest absolute Gasteiger partial charge is 0.407 e. The lowest BCUT2D eigenvalue weighted by atomic mass is 9.98. The molecule has 0 bridgehead atoms. The number of alkyl halides is 3. The molecule has 8 heteroatoms. The number of rotatable bonds is 7. The largest absolute Gasteiger partial charge is 0.480 e. The third-order valence-corrected chi connectivity index (χ3v) is 4.05. The third kappa shape index (κ3) is 5.26. The molecule has 2 atom stereocenters. The van der Waals surface area contributed by atoms with Crippen molar-refractivity contribution in [2.75, 3.05) is 0 Å². The highest BCUT2D eigenvalue weighted by Crippen LogP contribution is 2.35. The molecule has 0 radical (unpaired) electrons. The molecule has 2 aromatic rings. The highest BCUT2D eigenvalue weighted by molar-refractivity contribution is 5.73. The van der Waals surface area contributed by atoms with Crippen molar-refractivity contribution >= 4 is 5.97 Å². The van der Waals surface area contributed by atoms with Gasteiger partial charge in [-0.05, 0) is 35.7 Å². The van der Waals surface area contributed by atoms with E-state index in [9.17, 15) is 26.7 Å². The average Bonchev–Trinajstić information content (AvgIpc) is 2.58. The van der Waals surface area contributed by atoms with Crippen LogP contribution < -0.4 is 5.32 Å². The van der Waals surface area contributed by atoms with E-state index in [-0.39, 0.29) is 12.0 Å². The Labute approximate surface area is 152 Å². The molecule has 0 unspecified atom stereocenters. The molecule has 27 heavy (non-hydrogen) atoms. The van der Waals surface area contributed by atoms with Crippen LogP contribution in [0.15, 0.2) is 42.5 Å². The van der Waals surface area contributed by atoms with E-state index in [4.69, 9.17) is 5.11 Å². The van der Waals surface area contributed by atoms with Crippen LogP contribution in [0.2, 0.25) is 0 Å². The zero-order chi connectivity index (χ0) is 20.2. The van der Waals surface area contributed by atoms with Crippen molar-refractivity contribution in [3.05, 3.63) is 59.7 Å². The van der Waals surface area contributed by atoms with Crippen LogP contribution >= 0.6 is 0 Å². The van der Waals surface area contributed by atoms with Crippen LogP contribution in [0.1, 0.15) is 31.4 Å². The molecule has 0 aliphatic carbocycles. The minimum atomic E-state index is -4.81. The van der Waals surface area contributed by atoms with Crippen LogP contribution in [0.25, 0.3) is 11.1 Å². The van der Waals surface area contributed by atoms with Gasteiger partial charge in [0.1, 0.15) is 23.7 Å². The fraction of sp³-hybridized carbons (Fsp3) is 0.316. The molecule has 0 spiro atoms. The van der Waals surface area contributed by atoms with Gasteiger partial charge in [-0.15, -0.1) is 0 Å². The zero-order valence-corrected chi connectivity index (χ0v) is 14.4. The van der Waals surface area contributed by atoms with Crippen molar-refractivity contribution in [2.45, 2.75) is 38.0 Å². The van der Waals surface area contributed by atoms with E-state index in [0.29, 0.717) is 18.1 Å². The number of carboxylic acids is 1. The molecule has 0 fully saturated rings. The predicted molar refractivity (Wildman–Crippen MR) is 90.1 cm³/mol. The first-order valence-corrected chi connectivity index (χ1v) is 8.24. The van der Waals surface area contributed by atoms with Gasteiger partial charge in [-0.1, -0.05) is 37.6 Å². The monoisotopic (exact) mass is 387 g/mol. The van der Waals surface area contributed by atoms with Gasteiger partial charge in [-0.2, -0.15) is 13.2 Å². The van der Waals surface area contributed by atoms with Crippen molar-refractivity contribution in [3.8, 4) is 11.1 Å². The molecule has 2 aromatic carbocycles. The molecule has 2 rings (SSSR count). The van der Waals surface area contributed by atoms with Crippen molar-refractivity contribution in [2.24, 2.45) is 0 Å². The first-order valence-electron chi connectivity index (χ1n) is 8.24. The number of aliphatic carboxylic acids is 1. The van der Waals surface area contributed by atoms with E-state index in [1.54, 1.807) is 6.92 Å². The van der Waals surface area contributed by atoms with Gasteiger partial charge in [0, 0.05) is 5.56 Å². The molecular formula is C19H18F5NO2. The summed E-state index contributed by atoms with van der Waals surface area (Å²) in [5.74, 6) is -2.85. The van der Waals surface area contributed by atoms with Gasteiger partial charge in [-0.25, -0.2) is 8.78 Å². The SMILES string of the molecule is CCC[C@H](N[C@@H](c1ccc(-c2ccc(F)cc2)c(F)c1)C(F)(F)F)C(=O)O. The van der Waals surface area contributed by atoms with E-state index in [1.807, 2.05) is 0 Å². The summed E-state index contributed by atoms with van der Waals surface area (Å²) in [5.41, 5.74) is -0.109. The Morgan fingerprint density at radius 2 is 1.74 bits per heavy atom. The summed E-state index contributed by atoms with van der Waals surface area (Å²) in [6, 6.07) is 4.07. The summed E-state index contributed by atoms with van der Waals surface area (Å²) in [6.07, 6.45) is -4.45. The Hall–Kier alpha value is -2.48. The summed E-state index contributed by atoms with van der Waals surface area (Å²) >= 11 is 0. The van der Waals surface area contributed by atoms with Crippen molar-refractivity contribution in [3.63, 3.8) is 0 Å². The van der Waals surface area contributed by atoms with E-state index in [1.165, 1.54) is 12.1 Å². The summed E-state index contributed by atoms with van der Waals surface area (Å²) < 4.78 is 67.8. The van der Waals surface area contributed by atoms with Gasteiger partial charge < -0.3 is 5.11 Å². The number of nitrogens with one attached hydrogen (secondary N) is 1. The van der Waals surface area contributed by atoms with Gasteiger partial charge in [0.05, 0.1) is 0 Å². The summed E-state index contributed by atoms with van der Waals surface area (Å²) in [5, 5.41) is 11.2. The van der Waals surface area contributed by atoms with Gasteiger partial charge >= 0.3 is 12.1 Å². The normalized spacial score (nSPS) is 14.0. The predicted octanol–water partition coefficient (Wildman–Crippen LogP) is 5.08. The molecule has 0 saturated heterocycles. The van der Waals surface area contributed by atoms with Gasteiger partial charge in [0.2, 0.25) is 0 Å². The first kappa shape index (κ1) is 20.8. The third-order valence-electron chi connectivity index (χ3n) is 4.05. The fourth-order valence-corrected chi connectivity index (χ4v) is 2.72. The second kappa shape index (κ2) is 8.47. The molecule has 0 saturated carbocycles. The highest BCUT2D eigenvalue weighted by Gasteiger charge is 2.43. The molecule has 0 heterocycles. The maximum absolute atomic E-state index is 14.4. The Morgan fingerprint density at radius 1 is 1.11 bits per heavy atom. The van der Waals surface area contributed by atoms with Crippen molar-refractivity contribution < 1.29 is 31.9 Å². The highest BCUT2D eigenvalue weighted by atomic mass is 19.4. The van der Waals surface area contributed by atoms with Crippen LogP contribution in [0.5, 0.6) is 0 Å². The Balaban J connectivity index is 2.37. The lowest BCUT2D eigenvalue weighted by molar-refractivity contribution is -0.163. The number of hydrogen-bond donors (Lipinski definition) is 2. The van der Waals surface area contributed by atoms with Crippen LogP contribution in [0.4, 0.5) is 22.0 Å². The summed E-state index contributed by atoms with van der Waals surface area (Å²) in [6.45, 7) is 1.65. The fourth-order valence-electron chi connectivity index (χ4n) is 2.72. The molecular weight excluding hydrogens is 369 g/mol. The molecule has 146 valence electrons. The molecule has 0 aliphatic rings. The van der Waals surface area contributed by atoms with Crippen molar-refractivity contribution in [1.29, 1.82) is 0 Å². The maximum Gasteiger partial charge on any atom is 0.407 e. The summed E-state index contributed by atoms with van der Waals surface area (Å²) in [7, 11) is 0. The Morgan fingerprint density at radius 3 is 2.22 bits per heavy atom. The lowest BCUT2D eigenvalue weighted by Crippen LogP contribution is -2.44. The van der Waals surface area contributed by atoms with Gasteiger partial charge in [-0.3, -0.25) is 10.1 Å².